The van der Waals surface area contributed by atoms with Crippen molar-refractivity contribution in [2.75, 3.05) is 29.4 Å². The molecule has 2 aliphatic rings. The van der Waals surface area contributed by atoms with Crippen LogP contribution in [0.15, 0.2) is 53.3 Å². The molecule has 2 aliphatic heterocycles. The van der Waals surface area contributed by atoms with E-state index in [0.717, 1.165) is 61.4 Å². The molecule has 5 rings (SSSR count). The van der Waals surface area contributed by atoms with Crippen LogP contribution in [0.25, 0.3) is 11.0 Å². The normalized spacial score (nSPS) is 17.5. The first-order valence-corrected chi connectivity index (χ1v) is 9.75. The van der Waals surface area contributed by atoms with Crippen LogP contribution in [0, 0.1) is 5.92 Å². The number of pyridine rings is 1. The van der Waals surface area contributed by atoms with Crippen LogP contribution < -0.4 is 9.80 Å². The predicted octanol–water partition coefficient (Wildman–Crippen LogP) is 4.02. The molecule has 27 heavy (non-hydrogen) atoms. The maximum Gasteiger partial charge on any atom is 0.227 e. The van der Waals surface area contributed by atoms with E-state index in [-0.39, 0.29) is 5.91 Å². The molecule has 0 radical (unpaired) electrons. The van der Waals surface area contributed by atoms with Gasteiger partial charge in [0.2, 0.25) is 5.91 Å². The van der Waals surface area contributed by atoms with E-state index in [2.05, 4.69) is 28.1 Å². The second-order valence-electron chi connectivity index (χ2n) is 7.53. The van der Waals surface area contributed by atoms with Crippen molar-refractivity contribution in [2.24, 2.45) is 5.92 Å². The Morgan fingerprint density at radius 3 is 2.85 bits per heavy atom. The number of benzene rings is 1. The van der Waals surface area contributed by atoms with Crippen molar-refractivity contribution >= 4 is 28.4 Å². The number of para-hydroxylation sites is 1. The third kappa shape index (κ3) is 2.97. The first kappa shape index (κ1) is 16.4. The van der Waals surface area contributed by atoms with Gasteiger partial charge in [-0.15, -0.1) is 0 Å². The number of carbonyl (C=O) groups is 1. The van der Waals surface area contributed by atoms with Crippen molar-refractivity contribution in [3.8, 4) is 0 Å². The van der Waals surface area contributed by atoms with Crippen LogP contribution >= 0.6 is 0 Å². The first-order valence-electron chi connectivity index (χ1n) is 9.75. The van der Waals surface area contributed by atoms with Gasteiger partial charge in [0.05, 0.1) is 11.6 Å². The van der Waals surface area contributed by atoms with E-state index in [9.17, 15) is 4.79 Å². The van der Waals surface area contributed by atoms with Crippen molar-refractivity contribution in [2.45, 2.75) is 25.7 Å². The summed E-state index contributed by atoms with van der Waals surface area (Å²) in [5.74, 6) is 1.72. The van der Waals surface area contributed by atoms with Crippen LogP contribution in [0.5, 0.6) is 0 Å². The Hall–Kier alpha value is -2.82. The summed E-state index contributed by atoms with van der Waals surface area (Å²) in [4.78, 5) is 21.7. The summed E-state index contributed by atoms with van der Waals surface area (Å²) < 4.78 is 5.49. The Labute approximate surface area is 158 Å². The first-order chi connectivity index (χ1) is 13.3. The fourth-order valence-electron chi connectivity index (χ4n) is 4.44. The Bertz CT molecular complexity index is 972. The number of amides is 1. The summed E-state index contributed by atoms with van der Waals surface area (Å²) >= 11 is 0. The summed E-state index contributed by atoms with van der Waals surface area (Å²) in [5.41, 5.74) is 3.28. The molecular formula is C22H23N3O2. The number of hydrogen-bond donors (Lipinski definition) is 0. The maximum atomic E-state index is 12.9. The number of anilines is 2. The molecule has 138 valence electrons. The summed E-state index contributed by atoms with van der Waals surface area (Å²) in [7, 11) is 0. The Balaban J connectivity index is 1.23. The van der Waals surface area contributed by atoms with Gasteiger partial charge < -0.3 is 14.2 Å². The van der Waals surface area contributed by atoms with Gasteiger partial charge in [-0.3, -0.25) is 4.79 Å². The molecule has 0 unspecified atom stereocenters. The molecule has 5 heteroatoms. The number of aromatic nitrogens is 1. The summed E-state index contributed by atoms with van der Waals surface area (Å²) in [6.45, 7) is 2.70. The number of rotatable bonds is 3. The molecule has 0 atom stereocenters. The van der Waals surface area contributed by atoms with Gasteiger partial charge in [0.25, 0.3) is 0 Å². The molecule has 0 spiro atoms. The van der Waals surface area contributed by atoms with Crippen LogP contribution in [-0.2, 0) is 11.2 Å². The zero-order chi connectivity index (χ0) is 18.2. The van der Waals surface area contributed by atoms with Gasteiger partial charge in [-0.25, -0.2) is 4.98 Å². The van der Waals surface area contributed by atoms with Crippen molar-refractivity contribution in [3.63, 3.8) is 0 Å². The van der Waals surface area contributed by atoms with Crippen molar-refractivity contribution < 1.29 is 9.21 Å². The van der Waals surface area contributed by atoms with Gasteiger partial charge in [-0.05, 0) is 48.9 Å². The molecule has 3 aromatic rings. The van der Waals surface area contributed by atoms with E-state index in [1.165, 1.54) is 5.56 Å². The zero-order valence-electron chi connectivity index (χ0n) is 15.3. The van der Waals surface area contributed by atoms with Crippen molar-refractivity contribution in [3.05, 3.63) is 54.4 Å². The average Bonchev–Trinajstić information content (AvgIpc) is 3.35. The molecule has 2 aromatic heterocycles. The van der Waals surface area contributed by atoms with E-state index >= 15 is 0 Å². The maximum absolute atomic E-state index is 12.9. The summed E-state index contributed by atoms with van der Waals surface area (Å²) in [6, 6.07) is 12.2. The minimum Gasteiger partial charge on any atom is -0.464 e. The van der Waals surface area contributed by atoms with Gasteiger partial charge in [0.15, 0.2) is 0 Å². The highest BCUT2D eigenvalue weighted by molar-refractivity contribution is 5.95. The van der Waals surface area contributed by atoms with Gasteiger partial charge in [-0.1, -0.05) is 18.2 Å². The Morgan fingerprint density at radius 1 is 1.11 bits per heavy atom. The monoisotopic (exact) mass is 361 g/mol. The third-order valence-corrected chi connectivity index (χ3v) is 5.92. The van der Waals surface area contributed by atoms with Crippen LogP contribution in [0.3, 0.4) is 0 Å². The zero-order valence-corrected chi connectivity index (χ0v) is 15.3. The molecule has 1 aromatic carbocycles. The molecular weight excluding hydrogens is 338 g/mol. The third-order valence-electron chi connectivity index (χ3n) is 5.92. The van der Waals surface area contributed by atoms with E-state index in [1.54, 1.807) is 6.26 Å². The number of piperidine rings is 1. The minimum absolute atomic E-state index is 0.272. The van der Waals surface area contributed by atoms with Crippen LogP contribution in [-0.4, -0.2) is 30.5 Å². The smallest absolute Gasteiger partial charge is 0.227 e. The van der Waals surface area contributed by atoms with Crippen LogP contribution in [0.1, 0.15) is 24.8 Å². The van der Waals surface area contributed by atoms with E-state index in [4.69, 9.17) is 4.42 Å². The van der Waals surface area contributed by atoms with Crippen LogP contribution in [0.2, 0.25) is 0 Å². The number of furan rings is 1. The highest BCUT2D eigenvalue weighted by atomic mass is 16.3. The van der Waals surface area contributed by atoms with E-state index in [1.807, 2.05) is 29.3 Å². The molecule has 0 aliphatic carbocycles. The molecule has 5 nitrogen and oxygen atoms in total. The molecule has 1 saturated heterocycles. The Kier molecular flexibility index (Phi) is 4.07. The van der Waals surface area contributed by atoms with Crippen molar-refractivity contribution in [1.82, 2.24) is 4.98 Å². The number of hydrogen-bond acceptors (Lipinski definition) is 4. The molecule has 0 bridgehead atoms. The highest BCUT2D eigenvalue weighted by Crippen LogP contribution is 2.32. The number of fused-ring (bicyclic) bond motifs is 2. The fraction of sp³-hybridized carbons (Fsp3) is 0.364. The van der Waals surface area contributed by atoms with Gasteiger partial charge in [0.1, 0.15) is 11.4 Å². The van der Waals surface area contributed by atoms with Gasteiger partial charge in [0, 0.05) is 37.9 Å². The highest BCUT2D eigenvalue weighted by Gasteiger charge is 2.28. The van der Waals surface area contributed by atoms with Gasteiger partial charge >= 0.3 is 0 Å². The molecule has 4 heterocycles. The fourth-order valence-corrected chi connectivity index (χ4v) is 4.44. The number of carbonyl (C=O) groups excluding carboxylic acids is 1. The SMILES string of the molecule is O=C(CC1CCN(c2nccc3occc23)CC1)N1CCc2ccccc21. The molecule has 0 saturated carbocycles. The topological polar surface area (TPSA) is 49.6 Å². The standard InChI is InChI=1S/C22H23N3O2/c26-21(25-13-8-17-3-1-2-4-19(17)25)15-16-6-11-24(12-7-16)22-18-9-14-27-20(18)5-10-23-22/h1-5,9-10,14,16H,6-8,11-13,15H2. The largest absolute Gasteiger partial charge is 0.464 e. The van der Waals surface area contributed by atoms with Crippen LogP contribution in [0.4, 0.5) is 11.5 Å². The van der Waals surface area contributed by atoms with E-state index < -0.39 is 0 Å². The Morgan fingerprint density at radius 2 is 1.96 bits per heavy atom. The lowest BCUT2D eigenvalue weighted by atomic mass is 9.92. The predicted molar refractivity (Wildman–Crippen MR) is 106 cm³/mol. The lowest BCUT2D eigenvalue weighted by Crippen LogP contribution is -2.37. The summed E-state index contributed by atoms with van der Waals surface area (Å²) in [5, 5.41) is 1.07. The van der Waals surface area contributed by atoms with Gasteiger partial charge in [-0.2, -0.15) is 0 Å². The molecule has 0 N–H and O–H groups in total. The lowest BCUT2D eigenvalue weighted by molar-refractivity contribution is -0.119. The second-order valence-corrected chi connectivity index (χ2v) is 7.53. The summed E-state index contributed by atoms with van der Waals surface area (Å²) in [6.07, 6.45) is 7.19. The van der Waals surface area contributed by atoms with Crippen molar-refractivity contribution in [1.29, 1.82) is 0 Å². The molecule has 1 fully saturated rings. The minimum atomic E-state index is 0.272. The molecule has 1 amide bonds. The lowest BCUT2D eigenvalue weighted by Gasteiger charge is -2.33. The quantitative estimate of drug-likeness (QED) is 0.707. The second kappa shape index (κ2) is 6.72. The average molecular weight is 361 g/mol. The van der Waals surface area contributed by atoms with E-state index in [0.29, 0.717) is 12.3 Å². The number of nitrogens with zero attached hydrogens (tertiary/aromatic N) is 3.